The molecular formula is C18H16BrClN2O3. The Morgan fingerprint density at radius 2 is 1.84 bits per heavy atom. The van der Waals surface area contributed by atoms with Crippen molar-refractivity contribution in [2.75, 3.05) is 5.32 Å². The first-order valence-corrected chi connectivity index (χ1v) is 9.36. The maximum Gasteiger partial charge on any atom is 0.247 e. The summed E-state index contributed by atoms with van der Waals surface area (Å²) >= 11 is 9.42. The summed E-state index contributed by atoms with van der Waals surface area (Å²) < 4.78 is 0.796. The molecule has 0 radical (unpaired) electrons. The van der Waals surface area contributed by atoms with Crippen LogP contribution in [0, 0.1) is 23.7 Å². The molecule has 5 atom stereocenters. The molecule has 0 spiro atoms. The van der Waals surface area contributed by atoms with Crippen LogP contribution in [0.2, 0.25) is 5.02 Å². The molecular weight excluding hydrogens is 408 g/mol. The summed E-state index contributed by atoms with van der Waals surface area (Å²) in [5.41, 5.74) is 0.447. The van der Waals surface area contributed by atoms with Gasteiger partial charge in [0.25, 0.3) is 0 Å². The fraction of sp³-hybridized carbons (Fsp3) is 0.389. The van der Waals surface area contributed by atoms with Crippen molar-refractivity contribution >= 4 is 50.9 Å². The molecule has 3 amide bonds. The first kappa shape index (κ1) is 16.8. The van der Waals surface area contributed by atoms with Crippen molar-refractivity contribution < 1.29 is 14.4 Å². The summed E-state index contributed by atoms with van der Waals surface area (Å²) in [6, 6.07) is 4.22. The number of benzene rings is 1. The number of rotatable bonds is 3. The number of halogens is 2. The Morgan fingerprint density at radius 1 is 1.24 bits per heavy atom. The summed E-state index contributed by atoms with van der Waals surface area (Å²) in [6.07, 6.45) is 4.94. The molecule has 1 aliphatic heterocycles. The van der Waals surface area contributed by atoms with Crippen molar-refractivity contribution in [3.8, 4) is 0 Å². The average Bonchev–Trinajstić information content (AvgIpc) is 3.23. The Labute approximate surface area is 158 Å². The second kappa shape index (κ2) is 5.95. The van der Waals surface area contributed by atoms with E-state index in [2.05, 4.69) is 21.2 Å². The quantitative estimate of drug-likeness (QED) is 0.599. The highest BCUT2D eigenvalue weighted by molar-refractivity contribution is 9.10. The lowest BCUT2D eigenvalue weighted by molar-refractivity contribution is -0.146. The lowest BCUT2D eigenvalue weighted by Gasteiger charge is -2.24. The second-order valence-electron chi connectivity index (χ2n) is 6.84. The molecule has 1 saturated carbocycles. The molecule has 130 valence electrons. The summed E-state index contributed by atoms with van der Waals surface area (Å²) in [5, 5.41) is 3.09. The van der Waals surface area contributed by atoms with Crippen LogP contribution < -0.4 is 5.32 Å². The van der Waals surface area contributed by atoms with Gasteiger partial charge in [0.05, 0.1) is 22.5 Å². The van der Waals surface area contributed by atoms with E-state index in [4.69, 9.17) is 11.6 Å². The number of hydrogen-bond acceptors (Lipinski definition) is 3. The first-order valence-electron chi connectivity index (χ1n) is 8.19. The summed E-state index contributed by atoms with van der Waals surface area (Å²) in [5.74, 6) is -1.21. The highest BCUT2D eigenvalue weighted by Gasteiger charge is 2.60. The van der Waals surface area contributed by atoms with Crippen LogP contribution in [0.1, 0.15) is 13.3 Å². The van der Waals surface area contributed by atoms with E-state index in [0.717, 1.165) is 15.8 Å². The number of amides is 3. The monoisotopic (exact) mass is 422 g/mol. The Morgan fingerprint density at radius 3 is 2.40 bits per heavy atom. The van der Waals surface area contributed by atoms with Crippen molar-refractivity contribution in [3.63, 3.8) is 0 Å². The molecule has 25 heavy (non-hydrogen) atoms. The van der Waals surface area contributed by atoms with E-state index in [-0.39, 0.29) is 35.5 Å². The molecule has 7 heteroatoms. The average molecular weight is 424 g/mol. The fourth-order valence-electron chi connectivity index (χ4n) is 4.25. The molecule has 0 unspecified atom stereocenters. The van der Waals surface area contributed by atoms with Gasteiger partial charge < -0.3 is 5.32 Å². The number of hydrogen-bond donors (Lipinski definition) is 1. The molecule has 1 aromatic carbocycles. The van der Waals surface area contributed by atoms with E-state index in [1.165, 1.54) is 0 Å². The van der Waals surface area contributed by atoms with E-state index in [9.17, 15) is 14.4 Å². The predicted octanol–water partition coefficient (Wildman–Crippen LogP) is 3.24. The number of nitrogens with zero attached hydrogens (tertiary/aromatic N) is 1. The maximum atomic E-state index is 12.8. The lowest BCUT2D eigenvalue weighted by atomic mass is 9.85. The van der Waals surface area contributed by atoms with Gasteiger partial charge in [-0.15, -0.1) is 0 Å². The Bertz CT molecular complexity index is 795. The van der Waals surface area contributed by atoms with Crippen LogP contribution in [0.15, 0.2) is 34.8 Å². The highest BCUT2D eigenvalue weighted by atomic mass is 79.9. The van der Waals surface area contributed by atoms with Crippen LogP contribution >= 0.6 is 27.5 Å². The molecule has 1 heterocycles. The van der Waals surface area contributed by atoms with Crippen molar-refractivity contribution in [2.45, 2.75) is 19.4 Å². The highest BCUT2D eigenvalue weighted by Crippen LogP contribution is 2.52. The first-order chi connectivity index (χ1) is 11.9. The zero-order valence-electron chi connectivity index (χ0n) is 13.4. The number of imide groups is 1. The van der Waals surface area contributed by atoms with Gasteiger partial charge in [-0.25, -0.2) is 0 Å². The summed E-state index contributed by atoms with van der Waals surface area (Å²) in [7, 11) is 0. The van der Waals surface area contributed by atoms with Crippen LogP contribution in [0.4, 0.5) is 5.69 Å². The number of allylic oxidation sites excluding steroid dienone is 2. The van der Waals surface area contributed by atoms with E-state index < -0.39 is 11.9 Å². The minimum absolute atomic E-state index is 0.132. The molecule has 1 saturated heterocycles. The van der Waals surface area contributed by atoms with Crippen molar-refractivity contribution in [3.05, 3.63) is 39.8 Å². The van der Waals surface area contributed by atoms with Gasteiger partial charge in [0, 0.05) is 4.47 Å². The number of carbonyl (C=O) groups excluding carboxylic acids is 3. The minimum Gasteiger partial charge on any atom is -0.323 e. The smallest absolute Gasteiger partial charge is 0.247 e. The third-order valence-electron chi connectivity index (χ3n) is 5.46. The Hall–Kier alpha value is -1.66. The third-order valence-corrected chi connectivity index (χ3v) is 6.27. The molecule has 2 bridgehead atoms. The van der Waals surface area contributed by atoms with Gasteiger partial charge in [-0.3, -0.25) is 19.3 Å². The van der Waals surface area contributed by atoms with Gasteiger partial charge in [-0.2, -0.15) is 0 Å². The van der Waals surface area contributed by atoms with Gasteiger partial charge in [0.2, 0.25) is 17.7 Å². The Balaban J connectivity index is 1.53. The molecule has 0 aromatic heterocycles. The molecule has 2 fully saturated rings. The standard InChI is InChI=1S/C18H16BrClN2O3/c1-8(16(23)21-13-5-4-11(19)7-12(13)20)22-17(24)14-9-2-3-10(6-9)15(14)18(22)25/h2-5,7-10,14-15H,6H2,1H3,(H,21,23)/t8-,9+,10+,14-,15-/m1/s1. The van der Waals surface area contributed by atoms with E-state index in [1.54, 1.807) is 25.1 Å². The van der Waals surface area contributed by atoms with E-state index in [0.29, 0.717) is 10.7 Å². The number of nitrogens with one attached hydrogen (secondary N) is 1. The molecule has 1 aromatic rings. The number of fused-ring (bicyclic) bond motifs is 5. The van der Waals surface area contributed by atoms with Gasteiger partial charge in [0.1, 0.15) is 6.04 Å². The third kappa shape index (κ3) is 2.54. The number of carbonyl (C=O) groups is 3. The summed E-state index contributed by atoms with van der Waals surface area (Å²) in [6.45, 7) is 1.58. The van der Waals surface area contributed by atoms with Crippen LogP contribution in [-0.4, -0.2) is 28.7 Å². The minimum atomic E-state index is -0.871. The van der Waals surface area contributed by atoms with Crippen LogP contribution in [-0.2, 0) is 14.4 Å². The van der Waals surface area contributed by atoms with Crippen LogP contribution in [0.5, 0.6) is 0 Å². The molecule has 1 N–H and O–H groups in total. The number of likely N-dealkylation sites (tertiary alicyclic amines) is 1. The predicted molar refractivity (Wildman–Crippen MR) is 96.8 cm³/mol. The maximum absolute atomic E-state index is 12.8. The van der Waals surface area contributed by atoms with Crippen molar-refractivity contribution in [2.24, 2.45) is 23.7 Å². The molecule has 5 nitrogen and oxygen atoms in total. The van der Waals surface area contributed by atoms with E-state index >= 15 is 0 Å². The largest absolute Gasteiger partial charge is 0.323 e. The normalized spacial score (nSPS) is 30.8. The van der Waals surface area contributed by atoms with Crippen LogP contribution in [0.25, 0.3) is 0 Å². The molecule has 4 rings (SSSR count). The van der Waals surface area contributed by atoms with Gasteiger partial charge >= 0.3 is 0 Å². The zero-order chi connectivity index (χ0) is 17.9. The lowest BCUT2D eigenvalue weighted by Crippen LogP contribution is -2.46. The molecule has 3 aliphatic rings. The Kier molecular flexibility index (Phi) is 4.00. The number of anilines is 1. The zero-order valence-corrected chi connectivity index (χ0v) is 15.8. The fourth-order valence-corrected chi connectivity index (χ4v) is 4.97. The van der Waals surface area contributed by atoms with Gasteiger partial charge in [-0.1, -0.05) is 39.7 Å². The van der Waals surface area contributed by atoms with Crippen molar-refractivity contribution in [1.29, 1.82) is 0 Å². The molecule has 2 aliphatic carbocycles. The SMILES string of the molecule is C[C@H](C(=O)Nc1ccc(Br)cc1Cl)N1C(=O)[C@H]2[C@H](C1=O)[C@H]1C=C[C@H]2C1. The van der Waals surface area contributed by atoms with Gasteiger partial charge in [-0.05, 0) is 43.4 Å². The van der Waals surface area contributed by atoms with Crippen molar-refractivity contribution in [1.82, 2.24) is 4.90 Å². The van der Waals surface area contributed by atoms with Gasteiger partial charge in [0.15, 0.2) is 0 Å². The summed E-state index contributed by atoms with van der Waals surface area (Å²) in [4.78, 5) is 39.2. The van der Waals surface area contributed by atoms with Crippen LogP contribution in [0.3, 0.4) is 0 Å². The van der Waals surface area contributed by atoms with E-state index in [1.807, 2.05) is 12.2 Å². The second-order valence-corrected chi connectivity index (χ2v) is 8.16. The topological polar surface area (TPSA) is 66.5 Å².